The number of likely N-dealkylation sites (N-methyl/N-ethyl adjacent to an activating group) is 1. The van der Waals surface area contributed by atoms with Crippen LogP contribution in [-0.2, 0) is 4.74 Å². The van der Waals surface area contributed by atoms with E-state index in [0.29, 0.717) is 18.7 Å². The van der Waals surface area contributed by atoms with Crippen LogP contribution in [0, 0.1) is 0 Å². The lowest BCUT2D eigenvalue weighted by atomic mass is 10.2. The third kappa shape index (κ3) is 3.31. The summed E-state index contributed by atoms with van der Waals surface area (Å²) in [5.41, 5.74) is 1.52. The first-order chi connectivity index (χ1) is 7.69. The Labute approximate surface area is 96.2 Å². The normalized spacial score (nSPS) is 10.2. The summed E-state index contributed by atoms with van der Waals surface area (Å²) in [5, 5.41) is 0. The number of nitrogens with zero attached hydrogens (tertiary/aromatic N) is 2. The summed E-state index contributed by atoms with van der Waals surface area (Å²) in [5.74, 6) is 0.0751. The Kier molecular flexibility index (Phi) is 4.92. The third-order valence-electron chi connectivity index (χ3n) is 2.43. The Hall–Kier alpha value is -1.42. The van der Waals surface area contributed by atoms with Crippen molar-refractivity contribution in [1.29, 1.82) is 0 Å². The molecule has 1 heterocycles. The van der Waals surface area contributed by atoms with E-state index in [4.69, 9.17) is 4.74 Å². The average Bonchev–Trinajstić information content (AvgIpc) is 2.35. The van der Waals surface area contributed by atoms with Crippen LogP contribution < -0.4 is 4.90 Å². The summed E-state index contributed by atoms with van der Waals surface area (Å²) in [6, 6.07) is 3.68. The number of carbonyl (C=O) groups excluding carboxylic acids is 1. The molecule has 0 N–H and O–H groups in total. The highest BCUT2D eigenvalue weighted by Gasteiger charge is 2.05. The maximum Gasteiger partial charge on any atom is 0.180 e. The summed E-state index contributed by atoms with van der Waals surface area (Å²) in [6.45, 7) is 3.31. The molecule has 0 unspecified atom stereocenters. The van der Waals surface area contributed by atoms with Gasteiger partial charge in [-0.25, -0.2) is 0 Å². The number of Topliss-reactive ketones (excluding diaryl/α,β-unsaturated/α-hetero) is 1. The molecule has 16 heavy (non-hydrogen) atoms. The molecule has 88 valence electrons. The second-order valence-electron chi connectivity index (χ2n) is 3.59. The molecule has 0 saturated heterocycles. The van der Waals surface area contributed by atoms with Gasteiger partial charge in [0, 0.05) is 27.1 Å². The summed E-state index contributed by atoms with van der Waals surface area (Å²) in [6.07, 6.45) is 2.21. The zero-order chi connectivity index (χ0) is 12.0. The molecule has 1 aromatic heterocycles. The van der Waals surface area contributed by atoms with E-state index in [1.807, 2.05) is 24.9 Å². The minimum absolute atomic E-state index is 0.0751. The molecule has 4 heteroatoms. The number of rotatable bonds is 6. The van der Waals surface area contributed by atoms with Crippen molar-refractivity contribution in [3.05, 3.63) is 24.0 Å². The van der Waals surface area contributed by atoms with Crippen LogP contribution in [0.2, 0.25) is 0 Å². The van der Waals surface area contributed by atoms with Crippen molar-refractivity contribution in [2.24, 2.45) is 0 Å². The lowest BCUT2D eigenvalue weighted by Crippen LogP contribution is -2.22. The largest absolute Gasteiger partial charge is 0.383 e. The first-order valence-electron chi connectivity index (χ1n) is 5.38. The van der Waals surface area contributed by atoms with Crippen LogP contribution >= 0.6 is 0 Å². The maximum absolute atomic E-state index is 11.4. The van der Waals surface area contributed by atoms with Crippen LogP contribution in [0.4, 0.5) is 5.69 Å². The predicted molar refractivity (Wildman–Crippen MR) is 64.0 cm³/mol. The number of anilines is 1. The Morgan fingerprint density at radius 2 is 2.25 bits per heavy atom. The smallest absolute Gasteiger partial charge is 0.180 e. The van der Waals surface area contributed by atoms with Crippen LogP contribution in [-0.4, -0.2) is 38.1 Å². The fourth-order valence-corrected chi connectivity index (χ4v) is 1.32. The van der Waals surface area contributed by atoms with Crippen LogP contribution in [0.15, 0.2) is 18.3 Å². The van der Waals surface area contributed by atoms with E-state index >= 15 is 0 Å². The Morgan fingerprint density at radius 3 is 2.75 bits per heavy atom. The number of pyridine rings is 1. The molecule has 0 spiro atoms. The fraction of sp³-hybridized carbons (Fsp3) is 0.500. The summed E-state index contributed by atoms with van der Waals surface area (Å²) >= 11 is 0. The van der Waals surface area contributed by atoms with Crippen molar-refractivity contribution < 1.29 is 9.53 Å². The second-order valence-corrected chi connectivity index (χ2v) is 3.59. The fourth-order valence-electron chi connectivity index (χ4n) is 1.32. The first kappa shape index (κ1) is 12.6. The van der Waals surface area contributed by atoms with E-state index < -0.39 is 0 Å². The van der Waals surface area contributed by atoms with Crippen molar-refractivity contribution in [2.75, 3.05) is 32.2 Å². The molecule has 0 aliphatic rings. The molecule has 0 bridgehead atoms. The number of carbonyl (C=O) groups is 1. The number of aromatic nitrogens is 1. The van der Waals surface area contributed by atoms with Gasteiger partial charge in [0.15, 0.2) is 5.78 Å². The van der Waals surface area contributed by atoms with Gasteiger partial charge in [-0.15, -0.1) is 0 Å². The molecule has 0 radical (unpaired) electrons. The van der Waals surface area contributed by atoms with E-state index in [2.05, 4.69) is 4.98 Å². The number of methoxy groups -OCH3 is 1. The first-order valence-corrected chi connectivity index (χ1v) is 5.38. The molecule has 0 aliphatic carbocycles. The molecule has 0 fully saturated rings. The Morgan fingerprint density at radius 1 is 1.50 bits per heavy atom. The molecule has 1 aromatic rings. The van der Waals surface area contributed by atoms with Gasteiger partial charge in [-0.1, -0.05) is 6.92 Å². The van der Waals surface area contributed by atoms with Gasteiger partial charge >= 0.3 is 0 Å². The number of hydrogen-bond acceptors (Lipinski definition) is 4. The highest BCUT2D eigenvalue weighted by molar-refractivity contribution is 5.94. The van der Waals surface area contributed by atoms with Crippen molar-refractivity contribution in [3.8, 4) is 0 Å². The van der Waals surface area contributed by atoms with Crippen LogP contribution in [0.3, 0.4) is 0 Å². The predicted octanol–water partition coefficient (Wildman–Crippen LogP) is 1.76. The SMILES string of the molecule is CCC(=O)c1ccc(N(C)CCOC)cn1. The van der Waals surface area contributed by atoms with Crippen molar-refractivity contribution >= 4 is 11.5 Å². The maximum atomic E-state index is 11.4. The van der Waals surface area contributed by atoms with Gasteiger partial charge in [0.05, 0.1) is 18.5 Å². The lowest BCUT2D eigenvalue weighted by Gasteiger charge is -2.18. The van der Waals surface area contributed by atoms with E-state index in [9.17, 15) is 4.79 Å². The van der Waals surface area contributed by atoms with Gasteiger partial charge < -0.3 is 9.64 Å². The average molecular weight is 222 g/mol. The molecule has 0 aliphatic heterocycles. The third-order valence-corrected chi connectivity index (χ3v) is 2.43. The number of hydrogen-bond donors (Lipinski definition) is 0. The molecule has 0 amide bonds. The molecule has 1 rings (SSSR count). The highest BCUT2D eigenvalue weighted by Crippen LogP contribution is 2.11. The quantitative estimate of drug-likeness (QED) is 0.688. The number of ketones is 1. The molecule has 4 nitrogen and oxygen atoms in total. The van der Waals surface area contributed by atoms with E-state index in [-0.39, 0.29) is 5.78 Å². The molecular weight excluding hydrogens is 204 g/mol. The van der Waals surface area contributed by atoms with E-state index in [1.165, 1.54) is 0 Å². The van der Waals surface area contributed by atoms with E-state index in [1.54, 1.807) is 19.4 Å². The van der Waals surface area contributed by atoms with Crippen LogP contribution in [0.1, 0.15) is 23.8 Å². The lowest BCUT2D eigenvalue weighted by molar-refractivity contribution is 0.0983. The van der Waals surface area contributed by atoms with Gasteiger partial charge in [0.1, 0.15) is 5.69 Å². The van der Waals surface area contributed by atoms with Crippen LogP contribution in [0.25, 0.3) is 0 Å². The van der Waals surface area contributed by atoms with E-state index in [0.717, 1.165) is 12.2 Å². The minimum Gasteiger partial charge on any atom is -0.383 e. The van der Waals surface area contributed by atoms with Crippen molar-refractivity contribution in [2.45, 2.75) is 13.3 Å². The monoisotopic (exact) mass is 222 g/mol. The van der Waals surface area contributed by atoms with Crippen LogP contribution in [0.5, 0.6) is 0 Å². The van der Waals surface area contributed by atoms with Gasteiger partial charge in [-0.2, -0.15) is 0 Å². The van der Waals surface area contributed by atoms with Gasteiger partial charge in [0.25, 0.3) is 0 Å². The van der Waals surface area contributed by atoms with Gasteiger partial charge in [-0.05, 0) is 12.1 Å². The summed E-state index contributed by atoms with van der Waals surface area (Å²) in [7, 11) is 3.65. The second kappa shape index (κ2) is 6.23. The molecule has 0 saturated carbocycles. The Bertz CT molecular complexity index is 335. The topological polar surface area (TPSA) is 42.4 Å². The molecule has 0 atom stereocenters. The standard InChI is InChI=1S/C12H18N2O2/c1-4-12(15)11-6-5-10(9-13-11)14(2)7-8-16-3/h5-6,9H,4,7-8H2,1-3H3. The van der Waals surface area contributed by atoms with Gasteiger partial charge in [0.2, 0.25) is 0 Å². The van der Waals surface area contributed by atoms with Crippen molar-refractivity contribution in [3.63, 3.8) is 0 Å². The molecular formula is C12H18N2O2. The number of ether oxygens (including phenoxy) is 1. The zero-order valence-corrected chi connectivity index (χ0v) is 10.1. The molecule has 0 aromatic carbocycles. The zero-order valence-electron chi connectivity index (χ0n) is 10.1. The summed E-state index contributed by atoms with van der Waals surface area (Å²) < 4.78 is 5.00. The highest BCUT2D eigenvalue weighted by atomic mass is 16.5. The van der Waals surface area contributed by atoms with Gasteiger partial charge in [-0.3, -0.25) is 9.78 Å². The summed E-state index contributed by atoms with van der Waals surface area (Å²) in [4.78, 5) is 17.6. The van der Waals surface area contributed by atoms with Crippen molar-refractivity contribution in [1.82, 2.24) is 4.98 Å². The minimum atomic E-state index is 0.0751. The Balaban J connectivity index is 2.67.